The maximum absolute atomic E-state index is 13.6. The summed E-state index contributed by atoms with van der Waals surface area (Å²) in [5.74, 6) is -0.377. The first-order valence-corrected chi connectivity index (χ1v) is 11.4. The number of hydrogen-bond donors (Lipinski definition) is 0. The van der Waals surface area contributed by atoms with Crippen molar-refractivity contribution in [2.75, 3.05) is 13.2 Å². The van der Waals surface area contributed by atoms with Crippen molar-refractivity contribution in [3.05, 3.63) is 107 Å². The Morgan fingerprint density at radius 3 is 2.12 bits per heavy atom. The number of imide groups is 1. The molecule has 1 heterocycles. The van der Waals surface area contributed by atoms with Crippen LogP contribution in [0.1, 0.15) is 30.5 Å². The summed E-state index contributed by atoms with van der Waals surface area (Å²) in [6.07, 6.45) is 0. The second-order valence-electron chi connectivity index (χ2n) is 8.00. The molecule has 4 rings (SSSR count). The smallest absolute Gasteiger partial charge is 0.278 e. The van der Waals surface area contributed by atoms with Crippen molar-refractivity contribution in [2.45, 2.75) is 26.9 Å². The third-order valence-electron chi connectivity index (χ3n) is 5.77. The van der Waals surface area contributed by atoms with Gasteiger partial charge in [-0.25, -0.2) is 4.39 Å². The van der Waals surface area contributed by atoms with E-state index in [1.165, 1.54) is 17.0 Å². The molecule has 2 amide bonds. The van der Waals surface area contributed by atoms with Crippen LogP contribution in [0.15, 0.2) is 84.6 Å². The number of amides is 2. The summed E-state index contributed by atoms with van der Waals surface area (Å²) in [6, 6.07) is 22.9. The molecule has 0 atom stereocenters. The normalized spacial score (nSPS) is 13.6. The van der Waals surface area contributed by atoms with E-state index in [4.69, 9.17) is 4.74 Å². The summed E-state index contributed by atoms with van der Waals surface area (Å²) < 4.78 is 18.9. The van der Waals surface area contributed by atoms with Crippen molar-refractivity contribution in [3.63, 3.8) is 0 Å². The molecule has 6 heteroatoms. The van der Waals surface area contributed by atoms with Crippen LogP contribution in [0.4, 0.5) is 4.39 Å². The second kappa shape index (κ2) is 10.3. The lowest BCUT2D eigenvalue weighted by atomic mass is 10.0. The van der Waals surface area contributed by atoms with Gasteiger partial charge in [0.15, 0.2) is 0 Å². The lowest BCUT2D eigenvalue weighted by Crippen LogP contribution is -2.34. The van der Waals surface area contributed by atoms with E-state index in [0.717, 1.165) is 5.56 Å². The molecule has 1 aliphatic heterocycles. The van der Waals surface area contributed by atoms with Crippen molar-refractivity contribution in [1.82, 2.24) is 9.80 Å². The molecule has 0 spiro atoms. The van der Waals surface area contributed by atoms with Crippen molar-refractivity contribution in [1.29, 1.82) is 0 Å². The van der Waals surface area contributed by atoms with Crippen LogP contribution in [0.5, 0.6) is 5.75 Å². The minimum absolute atomic E-state index is 0.0743. The SMILES string of the molecule is CCOc1ccc(C2=C(N(CC)Cc3ccccc3)C(=O)N(Cc3ccc(F)cc3)C2=O)cc1. The van der Waals surface area contributed by atoms with E-state index >= 15 is 0 Å². The molecular formula is C28H27FN2O3. The fourth-order valence-corrected chi connectivity index (χ4v) is 4.07. The van der Waals surface area contributed by atoms with Crippen molar-refractivity contribution < 1.29 is 18.7 Å². The predicted octanol–water partition coefficient (Wildman–Crippen LogP) is 5.03. The van der Waals surface area contributed by atoms with E-state index in [2.05, 4.69) is 0 Å². The average molecular weight is 459 g/mol. The van der Waals surface area contributed by atoms with E-state index in [1.54, 1.807) is 24.3 Å². The summed E-state index contributed by atoms with van der Waals surface area (Å²) in [6.45, 7) is 5.53. The first-order chi connectivity index (χ1) is 16.5. The molecule has 3 aromatic carbocycles. The molecule has 0 saturated carbocycles. The van der Waals surface area contributed by atoms with Gasteiger partial charge in [-0.2, -0.15) is 0 Å². The van der Waals surface area contributed by atoms with Gasteiger partial charge < -0.3 is 9.64 Å². The molecule has 0 aromatic heterocycles. The lowest BCUT2D eigenvalue weighted by molar-refractivity contribution is -0.138. The van der Waals surface area contributed by atoms with Gasteiger partial charge in [0.25, 0.3) is 11.8 Å². The zero-order valence-electron chi connectivity index (χ0n) is 19.3. The molecule has 0 bridgehead atoms. The molecular weight excluding hydrogens is 431 g/mol. The summed E-state index contributed by atoms with van der Waals surface area (Å²) in [5.41, 5.74) is 3.13. The fourth-order valence-electron chi connectivity index (χ4n) is 4.07. The number of nitrogens with zero attached hydrogens (tertiary/aromatic N) is 2. The Morgan fingerprint density at radius 2 is 1.50 bits per heavy atom. The number of benzene rings is 3. The number of rotatable bonds is 9. The van der Waals surface area contributed by atoms with Gasteiger partial charge in [0, 0.05) is 13.1 Å². The molecule has 174 valence electrons. The maximum Gasteiger partial charge on any atom is 0.278 e. The summed E-state index contributed by atoms with van der Waals surface area (Å²) in [7, 11) is 0. The van der Waals surface area contributed by atoms with Crippen LogP contribution in [0.3, 0.4) is 0 Å². The Labute approximate surface area is 199 Å². The molecule has 3 aromatic rings. The summed E-state index contributed by atoms with van der Waals surface area (Å²) in [4.78, 5) is 30.4. The van der Waals surface area contributed by atoms with Crippen LogP contribution in [0, 0.1) is 5.82 Å². The molecule has 0 aliphatic carbocycles. The Kier molecular flexibility index (Phi) is 7.07. The molecule has 0 unspecified atom stereocenters. The van der Waals surface area contributed by atoms with Gasteiger partial charge in [-0.3, -0.25) is 14.5 Å². The van der Waals surface area contributed by atoms with Gasteiger partial charge in [-0.1, -0.05) is 54.6 Å². The van der Waals surface area contributed by atoms with E-state index in [0.29, 0.717) is 47.8 Å². The standard InChI is InChI=1S/C28H27FN2O3/c1-3-30(18-20-8-6-5-7-9-20)26-25(22-12-16-24(17-13-22)34-4-2)27(32)31(28(26)33)19-21-10-14-23(29)15-11-21/h5-17H,3-4,18-19H2,1-2H3. The van der Waals surface area contributed by atoms with Crippen molar-refractivity contribution >= 4 is 17.4 Å². The number of likely N-dealkylation sites (N-methyl/N-ethyl adjacent to an activating group) is 1. The number of halogens is 1. The van der Waals surface area contributed by atoms with E-state index in [-0.39, 0.29) is 24.2 Å². The van der Waals surface area contributed by atoms with Gasteiger partial charge in [0.1, 0.15) is 17.3 Å². The Balaban J connectivity index is 1.74. The Hall–Kier alpha value is -3.93. The van der Waals surface area contributed by atoms with Gasteiger partial charge in [-0.05, 0) is 54.8 Å². The largest absolute Gasteiger partial charge is 0.494 e. The lowest BCUT2D eigenvalue weighted by Gasteiger charge is -2.25. The van der Waals surface area contributed by atoms with Crippen LogP contribution < -0.4 is 4.74 Å². The first kappa shape index (κ1) is 23.2. The topological polar surface area (TPSA) is 49.9 Å². The Bertz CT molecular complexity index is 1190. The monoisotopic (exact) mass is 458 g/mol. The molecule has 0 N–H and O–H groups in total. The fraction of sp³-hybridized carbons (Fsp3) is 0.214. The summed E-state index contributed by atoms with van der Waals surface area (Å²) in [5, 5.41) is 0. The van der Waals surface area contributed by atoms with Gasteiger partial charge in [-0.15, -0.1) is 0 Å². The molecule has 0 saturated heterocycles. The number of carbonyl (C=O) groups is 2. The van der Waals surface area contributed by atoms with E-state index in [1.807, 2.05) is 61.2 Å². The highest BCUT2D eigenvalue weighted by Crippen LogP contribution is 2.34. The third kappa shape index (κ3) is 4.86. The Morgan fingerprint density at radius 1 is 0.824 bits per heavy atom. The highest BCUT2D eigenvalue weighted by atomic mass is 19.1. The number of hydrogen-bond acceptors (Lipinski definition) is 4. The molecule has 0 radical (unpaired) electrons. The first-order valence-electron chi connectivity index (χ1n) is 11.4. The van der Waals surface area contributed by atoms with Crippen molar-refractivity contribution in [2.24, 2.45) is 0 Å². The quantitative estimate of drug-likeness (QED) is 0.422. The molecule has 0 fully saturated rings. The maximum atomic E-state index is 13.6. The molecule has 34 heavy (non-hydrogen) atoms. The zero-order valence-corrected chi connectivity index (χ0v) is 19.3. The molecule has 5 nitrogen and oxygen atoms in total. The zero-order chi connectivity index (χ0) is 24.1. The van der Waals surface area contributed by atoms with E-state index < -0.39 is 0 Å². The number of ether oxygens (including phenoxy) is 1. The minimum Gasteiger partial charge on any atom is -0.494 e. The van der Waals surface area contributed by atoms with Crippen LogP contribution in [0.25, 0.3) is 5.57 Å². The third-order valence-corrected chi connectivity index (χ3v) is 5.77. The summed E-state index contributed by atoms with van der Waals surface area (Å²) >= 11 is 0. The van der Waals surface area contributed by atoms with Crippen molar-refractivity contribution in [3.8, 4) is 5.75 Å². The predicted molar refractivity (Wildman–Crippen MR) is 129 cm³/mol. The second-order valence-corrected chi connectivity index (χ2v) is 8.00. The van der Waals surface area contributed by atoms with Gasteiger partial charge >= 0.3 is 0 Å². The highest BCUT2D eigenvalue weighted by Gasteiger charge is 2.41. The van der Waals surface area contributed by atoms with Gasteiger partial charge in [0.05, 0.1) is 18.7 Å². The van der Waals surface area contributed by atoms with Crippen LogP contribution >= 0.6 is 0 Å². The van der Waals surface area contributed by atoms with Crippen LogP contribution in [-0.2, 0) is 22.7 Å². The average Bonchev–Trinajstić information content (AvgIpc) is 3.10. The molecule has 1 aliphatic rings. The van der Waals surface area contributed by atoms with Crippen LogP contribution in [0.2, 0.25) is 0 Å². The van der Waals surface area contributed by atoms with E-state index in [9.17, 15) is 14.0 Å². The number of carbonyl (C=O) groups excluding carboxylic acids is 2. The highest BCUT2D eigenvalue weighted by molar-refractivity contribution is 6.35. The minimum atomic E-state index is -0.364. The van der Waals surface area contributed by atoms with Crippen LogP contribution in [-0.4, -0.2) is 34.8 Å². The van der Waals surface area contributed by atoms with Gasteiger partial charge in [0.2, 0.25) is 0 Å².